The molecule has 0 spiro atoms. The highest BCUT2D eigenvalue weighted by Crippen LogP contribution is 2.18. The van der Waals surface area contributed by atoms with Crippen LogP contribution in [-0.2, 0) is 20.1 Å². The molecule has 120 valence electrons. The number of anilines is 1. The summed E-state index contributed by atoms with van der Waals surface area (Å²) in [6.45, 7) is 1.38. The van der Waals surface area contributed by atoms with Gasteiger partial charge in [-0.05, 0) is 11.1 Å². The van der Waals surface area contributed by atoms with Crippen molar-refractivity contribution < 1.29 is 0 Å². The number of rotatable bonds is 5. The zero-order chi connectivity index (χ0) is 16.4. The molecule has 8 heteroatoms. The number of hydrogen-bond donors (Lipinski definition) is 1. The second-order valence-electron chi connectivity index (χ2n) is 5.49. The molecule has 4 aromatic rings. The third-order valence-electron chi connectivity index (χ3n) is 3.79. The molecular formula is C16H16N8. The van der Waals surface area contributed by atoms with Crippen LogP contribution in [-0.4, -0.2) is 34.5 Å². The summed E-state index contributed by atoms with van der Waals surface area (Å²) in [5, 5.41) is 12.6. The van der Waals surface area contributed by atoms with Crippen LogP contribution in [0.5, 0.6) is 0 Å². The predicted octanol–water partition coefficient (Wildman–Crippen LogP) is 1.62. The van der Waals surface area contributed by atoms with E-state index in [4.69, 9.17) is 0 Å². The van der Waals surface area contributed by atoms with Crippen molar-refractivity contribution in [3.8, 4) is 0 Å². The summed E-state index contributed by atoms with van der Waals surface area (Å²) in [6.07, 6.45) is 6.58. The second kappa shape index (κ2) is 6.07. The number of fused-ring (bicyclic) bond motifs is 1. The molecule has 8 nitrogen and oxygen atoms in total. The first-order valence-corrected chi connectivity index (χ1v) is 7.56. The van der Waals surface area contributed by atoms with E-state index >= 15 is 0 Å². The van der Waals surface area contributed by atoms with Crippen molar-refractivity contribution in [2.45, 2.75) is 13.1 Å². The van der Waals surface area contributed by atoms with E-state index in [1.165, 1.54) is 11.1 Å². The SMILES string of the molecule is Cn1ncc2c(NCc3cccc(Cn4cncn4)c3)ncnc21. The van der Waals surface area contributed by atoms with E-state index in [-0.39, 0.29) is 0 Å². The molecule has 0 amide bonds. The van der Waals surface area contributed by atoms with Gasteiger partial charge in [-0.3, -0.25) is 4.68 Å². The number of hydrogen-bond acceptors (Lipinski definition) is 6. The summed E-state index contributed by atoms with van der Waals surface area (Å²) in [5.41, 5.74) is 3.16. The van der Waals surface area contributed by atoms with Gasteiger partial charge in [-0.1, -0.05) is 24.3 Å². The Morgan fingerprint density at radius 1 is 1.08 bits per heavy atom. The van der Waals surface area contributed by atoms with Gasteiger partial charge in [0, 0.05) is 13.6 Å². The van der Waals surface area contributed by atoms with Crippen LogP contribution in [0.4, 0.5) is 5.82 Å². The average Bonchev–Trinajstić information content (AvgIpc) is 3.24. The molecule has 1 aromatic carbocycles. The minimum atomic E-state index is 0.673. The maximum absolute atomic E-state index is 4.32. The Kier molecular flexibility index (Phi) is 3.62. The molecule has 3 heterocycles. The van der Waals surface area contributed by atoms with Gasteiger partial charge in [-0.2, -0.15) is 10.2 Å². The summed E-state index contributed by atoms with van der Waals surface area (Å²) in [6, 6.07) is 8.36. The van der Waals surface area contributed by atoms with Crippen LogP contribution in [0, 0.1) is 0 Å². The molecule has 0 aliphatic rings. The zero-order valence-electron chi connectivity index (χ0n) is 13.2. The lowest BCUT2D eigenvalue weighted by Crippen LogP contribution is -2.04. The summed E-state index contributed by atoms with van der Waals surface area (Å²) < 4.78 is 3.54. The van der Waals surface area contributed by atoms with Crippen molar-refractivity contribution in [3.63, 3.8) is 0 Å². The Morgan fingerprint density at radius 2 is 2.00 bits per heavy atom. The highest BCUT2D eigenvalue weighted by Gasteiger charge is 2.07. The van der Waals surface area contributed by atoms with Crippen molar-refractivity contribution in [2.24, 2.45) is 7.05 Å². The second-order valence-corrected chi connectivity index (χ2v) is 5.49. The Morgan fingerprint density at radius 3 is 2.88 bits per heavy atom. The molecule has 0 bridgehead atoms. The van der Waals surface area contributed by atoms with Crippen molar-refractivity contribution in [3.05, 3.63) is 60.6 Å². The highest BCUT2D eigenvalue weighted by atomic mass is 15.3. The summed E-state index contributed by atoms with van der Waals surface area (Å²) in [5.74, 6) is 0.787. The van der Waals surface area contributed by atoms with E-state index in [9.17, 15) is 0 Å². The lowest BCUT2D eigenvalue weighted by Gasteiger charge is -2.08. The molecule has 4 rings (SSSR count). The van der Waals surface area contributed by atoms with Gasteiger partial charge in [-0.15, -0.1) is 0 Å². The molecular weight excluding hydrogens is 304 g/mol. The predicted molar refractivity (Wildman–Crippen MR) is 89.2 cm³/mol. The lowest BCUT2D eigenvalue weighted by molar-refractivity contribution is 0.684. The standard InChI is InChI=1S/C16H16N8/c1-23-16-14(7-21-23)15(19-10-20-16)18-6-12-3-2-4-13(5-12)8-24-11-17-9-22-24/h2-5,7,9-11H,6,8H2,1H3,(H,18,19,20). The van der Waals surface area contributed by atoms with Gasteiger partial charge in [-0.25, -0.2) is 19.6 Å². The van der Waals surface area contributed by atoms with Crippen LogP contribution in [0.2, 0.25) is 0 Å². The zero-order valence-corrected chi connectivity index (χ0v) is 13.2. The number of aromatic nitrogens is 7. The molecule has 0 unspecified atom stereocenters. The first kappa shape index (κ1) is 14.3. The Hall–Kier alpha value is -3.29. The Labute approximate surface area is 138 Å². The Balaban J connectivity index is 1.51. The molecule has 0 radical (unpaired) electrons. The Bertz CT molecular complexity index is 957. The van der Waals surface area contributed by atoms with E-state index in [2.05, 4.69) is 48.7 Å². The van der Waals surface area contributed by atoms with E-state index in [1.807, 2.05) is 13.1 Å². The van der Waals surface area contributed by atoms with Gasteiger partial charge in [0.2, 0.25) is 0 Å². The van der Waals surface area contributed by atoms with Gasteiger partial charge in [0.15, 0.2) is 5.65 Å². The van der Waals surface area contributed by atoms with E-state index in [1.54, 1.807) is 34.5 Å². The average molecular weight is 320 g/mol. The summed E-state index contributed by atoms with van der Waals surface area (Å²) in [4.78, 5) is 12.5. The quantitative estimate of drug-likeness (QED) is 0.601. The van der Waals surface area contributed by atoms with Gasteiger partial charge in [0.05, 0.1) is 18.1 Å². The number of nitrogens with zero attached hydrogens (tertiary/aromatic N) is 7. The van der Waals surface area contributed by atoms with E-state index in [0.29, 0.717) is 13.1 Å². The fraction of sp³-hybridized carbons (Fsp3) is 0.188. The van der Waals surface area contributed by atoms with Gasteiger partial charge in [0.1, 0.15) is 24.8 Å². The molecule has 0 fully saturated rings. The largest absolute Gasteiger partial charge is 0.365 e. The maximum Gasteiger partial charge on any atom is 0.163 e. The van der Waals surface area contributed by atoms with Gasteiger partial charge in [0.25, 0.3) is 0 Å². The van der Waals surface area contributed by atoms with Crippen LogP contribution >= 0.6 is 0 Å². The fourth-order valence-corrected chi connectivity index (χ4v) is 2.63. The van der Waals surface area contributed by atoms with E-state index < -0.39 is 0 Å². The summed E-state index contributed by atoms with van der Waals surface area (Å²) in [7, 11) is 1.87. The number of nitrogens with one attached hydrogen (secondary N) is 1. The molecule has 0 aliphatic carbocycles. The first-order valence-electron chi connectivity index (χ1n) is 7.56. The van der Waals surface area contributed by atoms with Crippen LogP contribution in [0.25, 0.3) is 11.0 Å². The topological polar surface area (TPSA) is 86.3 Å². The number of benzene rings is 1. The van der Waals surface area contributed by atoms with Crippen molar-refractivity contribution >= 4 is 16.9 Å². The van der Waals surface area contributed by atoms with E-state index in [0.717, 1.165) is 16.9 Å². The molecule has 0 saturated carbocycles. The molecule has 0 saturated heterocycles. The molecule has 0 aliphatic heterocycles. The summed E-state index contributed by atoms with van der Waals surface area (Å²) >= 11 is 0. The maximum atomic E-state index is 4.32. The first-order chi connectivity index (χ1) is 11.8. The molecule has 0 atom stereocenters. The molecule has 24 heavy (non-hydrogen) atoms. The van der Waals surface area contributed by atoms with Crippen LogP contribution < -0.4 is 5.32 Å². The lowest BCUT2D eigenvalue weighted by atomic mass is 10.1. The fourth-order valence-electron chi connectivity index (χ4n) is 2.63. The minimum Gasteiger partial charge on any atom is -0.365 e. The monoisotopic (exact) mass is 320 g/mol. The molecule has 3 aromatic heterocycles. The number of aryl methyl sites for hydroxylation is 1. The van der Waals surface area contributed by atoms with Crippen LogP contribution in [0.15, 0.2) is 49.4 Å². The van der Waals surface area contributed by atoms with Crippen molar-refractivity contribution in [1.82, 2.24) is 34.5 Å². The van der Waals surface area contributed by atoms with Gasteiger partial charge >= 0.3 is 0 Å². The van der Waals surface area contributed by atoms with Crippen LogP contribution in [0.3, 0.4) is 0 Å². The van der Waals surface area contributed by atoms with Crippen molar-refractivity contribution in [1.29, 1.82) is 0 Å². The minimum absolute atomic E-state index is 0.673. The van der Waals surface area contributed by atoms with Gasteiger partial charge < -0.3 is 5.32 Å². The van der Waals surface area contributed by atoms with Crippen LogP contribution in [0.1, 0.15) is 11.1 Å². The normalized spacial score (nSPS) is 11.0. The third-order valence-corrected chi connectivity index (χ3v) is 3.79. The molecule has 1 N–H and O–H groups in total. The third kappa shape index (κ3) is 2.81. The smallest absolute Gasteiger partial charge is 0.163 e. The highest BCUT2D eigenvalue weighted by molar-refractivity contribution is 5.85. The van der Waals surface area contributed by atoms with Crippen molar-refractivity contribution in [2.75, 3.05) is 5.32 Å².